The fourth-order valence-electron chi connectivity index (χ4n) is 2.41. The quantitative estimate of drug-likeness (QED) is 0.739. The van der Waals surface area contributed by atoms with Crippen LogP contribution in [0.15, 0.2) is 60.7 Å². The summed E-state index contributed by atoms with van der Waals surface area (Å²) in [5.74, 6) is -0.573. The number of carbonyl (C=O) groups excluding carboxylic acids is 2. The van der Waals surface area contributed by atoms with Crippen molar-refractivity contribution in [3.63, 3.8) is 0 Å². The highest BCUT2D eigenvalue weighted by Gasteiger charge is 2.13. The summed E-state index contributed by atoms with van der Waals surface area (Å²) in [5.41, 5.74) is 2.22. The van der Waals surface area contributed by atoms with Crippen molar-refractivity contribution in [3.05, 3.63) is 66.4 Å². The van der Waals surface area contributed by atoms with Crippen molar-refractivity contribution < 1.29 is 14.3 Å². The lowest BCUT2D eigenvalue weighted by atomic mass is 10.2. The molecule has 2 amide bonds. The van der Waals surface area contributed by atoms with E-state index in [4.69, 9.17) is 4.74 Å². The molecule has 0 saturated heterocycles. The predicted molar refractivity (Wildman–Crippen MR) is 101 cm³/mol. The number of amides is 2. The van der Waals surface area contributed by atoms with Crippen LogP contribution in [0.25, 0.3) is 10.9 Å². The van der Waals surface area contributed by atoms with E-state index in [0.717, 1.165) is 10.9 Å². The van der Waals surface area contributed by atoms with Crippen LogP contribution in [-0.4, -0.2) is 30.0 Å². The van der Waals surface area contributed by atoms with Gasteiger partial charge in [-0.1, -0.05) is 30.3 Å². The molecule has 0 aliphatic heterocycles. The largest absolute Gasteiger partial charge is 0.372 e. The Morgan fingerprint density at radius 1 is 0.962 bits per heavy atom. The third kappa shape index (κ3) is 4.04. The minimum absolute atomic E-state index is 0.257. The van der Waals surface area contributed by atoms with E-state index in [-0.39, 0.29) is 11.8 Å². The second kappa shape index (κ2) is 7.76. The predicted octanol–water partition coefficient (Wildman–Crippen LogP) is 3.46. The first-order chi connectivity index (χ1) is 12.6. The number of hydrogen-bond donors (Lipinski definition) is 2. The normalized spacial score (nSPS) is 11.8. The highest BCUT2D eigenvalue weighted by Crippen LogP contribution is 2.17. The first kappa shape index (κ1) is 17.6. The van der Waals surface area contributed by atoms with Crippen LogP contribution in [-0.2, 0) is 9.53 Å². The monoisotopic (exact) mass is 349 g/mol. The molecule has 1 atom stereocenters. The molecule has 2 N–H and O–H groups in total. The number of anilines is 2. The third-order valence-electron chi connectivity index (χ3n) is 3.94. The van der Waals surface area contributed by atoms with Gasteiger partial charge in [-0.05, 0) is 37.3 Å². The molecule has 0 bridgehead atoms. The highest BCUT2D eigenvalue weighted by atomic mass is 16.5. The second-order valence-electron chi connectivity index (χ2n) is 5.79. The zero-order valence-corrected chi connectivity index (χ0v) is 14.5. The Labute approximate surface area is 151 Å². The maximum absolute atomic E-state index is 12.5. The van der Waals surface area contributed by atoms with Gasteiger partial charge in [-0.3, -0.25) is 9.59 Å². The number of nitrogens with zero attached hydrogens (tertiary/aromatic N) is 1. The smallest absolute Gasteiger partial charge is 0.274 e. The average molecular weight is 349 g/mol. The molecule has 0 spiro atoms. The highest BCUT2D eigenvalue weighted by molar-refractivity contribution is 6.04. The molecule has 0 aliphatic carbocycles. The van der Waals surface area contributed by atoms with Crippen LogP contribution in [0, 0.1) is 0 Å². The number of para-hydroxylation sites is 1. The minimum atomic E-state index is -0.560. The Balaban J connectivity index is 1.74. The van der Waals surface area contributed by atoms with Gasteiger partial charge in [0.2, 0.25) is 0 Å². The molecule has 2 aromatic carbocycles. The topological polar surface area (TPSA) is 80.3 Å². The summed E-state index contributed by atoms with van der Waals surface area (Å²) in [5, 5.41) is 6.51. The number of fused-ring (bicyclic) bond motifs is 1. The number of carbonyl (C=O) groups is 2. The molecule has 6 heteroatoms. The number of hydrogen-bond acceptors (Lipinski definition) is 4. The third-order valence-corrected chi connectivity index (χ3v) is 3.94. The molecule has 1 heterocycles. The van der Waals surface area contributed by atoms with Gasteiger partial charge in [-0.15, -0.1) is 0 Å². The molecule has 3 rings (SSSR count). The molecule has 3 aromatic rings. The van der Waals surface area contributed by atoms with Gasteiger partial charge in [0.15, 0.2) is 0 Å². The second-order valence-corrected chi connectivity index (χ2v) is 5.79. The standard InChI is InChI=1S/C20H19N3O3/c1-13(26-2)19(24)21-15-7-5-8-16(12-15)22-20(25)18-11-10-14-6-3-4-9-17(14)23-18/h3-13H,1-2H3,(H,21,24)(H,22,25)/t13-/m0/s1. The summed E-state index contributed by atoms with van der Waals surface area (Å²) in [6, 6.07) is 18.1. The van der Waals surface area contributed by atoms with Gasteiger partial charge in [0.05, 0.1) is 5.52 Å². The van der Waals surface area contributed by atoms with Crippen LogP contribution in [0.3, 0.4) is 0 Å². The molecule has 26 heavy (non-hydrogen) atoms. The molecule has 0 radical (unpaired) electrons. The Bertz CT molecular complexity index is 956. The number of rotatable bonds is 5. The fourth-order valence-corrected chi connectivity index (χ4v) is 2.41. The van der Waals surface area contributed by atoms with Crippen molar-refractivity contribution in [2.45, 2.75) is 13.0 Å². The average Bonchev–Trinajstić information content (AvgIpc) is 2.67. The summed E-state index contributed by atoms with van der Waals surface area (Å²) >= 11 is 0. The van der Waals surface area contributed by atoms with Crippen molar-refractivity contribution >= 4 is 34.1 Å². The maximum Gasteiger partial charge on any atom is 0.274 e. The summed E-state index contributed by atoms with van der Waals surface area (Å²) in [7, 11) is 1.47. The SMILES string of the molecule is CO[C@@H](C)C(=O)Nc1cccc(NC(=O)c2ccc3ccccc3n2)c1. The van der Waals surface area contributed by atoms with Crippen LogP contribution >= 0.6 is 0 Å². The summed E-state index contributed by atoms with van der Waals surface area (Å²) < 4.78 is 4.98. The van der Waals surface area contributed by atoms with Crippen molar-refractivity contribution in [2.75, 3.05) is 17.7 Å². The zero-order valence-electron chi connectivity index (χ0n) is 14.5. The van der Waals surface area contributed by atoms with Gasteiger partial charge in [-0.25, -0.2) is 4.98 Å². The molecule has 0 fully saturated rings. The van der Waals surface area contributed by atoms with Crippen molar-refractivity contribution in [2.24, 2.45) is 0 Å². The van der Waals surface area contributed by atoms with Gasteiger partial charge < -0.3 is 15.4 Å². The van der Waals surface area contributed by atoms with Crippen molar-refractivity contribution in [3.8, 4) is 0 Å². The van der Waals surface area contributed by atoms with E-state index in [2.05, 4.69) is 15.6 Å². The van der Waals surface area contributed by atoms with E-state index in [1.54, 1.807) is 37.3 Å². The molecule has 1 aromatic heterocycles. The Kier molecular flexibility index (Phi) is 5.24. The maximum atomic E-state index is 12.5. The molecule has 0 unspecified atom stereocenters. The summed E-state index contributed by atoms with van der Waals surface area (Å²) in [6.45, 7) is 1.66. The number of aromatic nitrogens is 1. The first-order valence-corrected chi connectivity index (χ1v) is 8.17. The number of benzene rings is 2. The molecule has 132 valence electrons. The van der Waals surface area contributed by atoms with Crippen LogP contribution in [0.5, 0.6) is 0 Å². The first-order valence-electron chi connectivity index (χ1n) is 8.17. The van der Waals surface area contributed by atoms with E-state index in [1.807, 2.05) is 30.3 Å². The lowest BCUT2D eigenvalue weighted by Gasteiger charge is -2.12. The van der Waals surface area contributed by atoms with Gasteiger partial charge >= 0.3 is 0 Å². The lowest BCUT2D eigenvalue weighted by molar-refractivity contribution is -0.124. The van der Waals surface area contributed by atoms with E-state index in [9.17, 15) is 9.59 Å². The number of methoxy groups -OCH3 is 1. The summed E-state index contributed by atoms with van der Waals surface area (Å²) in [4.78, 5) is 28.7. The number of ether oxygens (including phenoxy) is 1. The van der Waals surface area contributed by atoms with Crippen molar-refractivity contribution in [1.29, 1.82) is 0 Å². The fraction of sp³-hybridized carbons (Fsp3) is 0.150. The van der Waals surface area contributed by atoms with Gasteiger partial charge in [0.25, 0.3) is 11.8 Å². The zero-order chi connectivity index (χ0) is 18.5. The van der Waals surface area contributed by atoms with E-state index in [1.165, 1.54) is 7.11 Å². The van der Waals surface area contributed by atoms with Gasteiger partial charge in [-0.2, -0.15) is 0 Å². The van der Waals surface area contributed by atoms with Crippen LogP contribution in [0.1, 0.15) is 17.4 Å². The van der Waals surface area contributed by atoms with Gasteiger partial charge in [0.1, 0.15) is 11.8 Å². The number of pyridine rings is 1. The van der Waals surface area contributed by atoms with Crippen LogP contribution in [0.4, 0.5) is 11.4 Å². The Morgan fingerprint density at radius 3 is 2.46 bits per heavy atom. The lowest BCUT2D eigenvalue weighted by Crippen LogP contribution is -2.26. The Morgan fingerprint density at radius 2 is 1.69 bits per heavy atom. The van der Waals surface area contributed by atoms with Crippen LogP contribution in [0.2, 0.25) is 0 Å². The number of nitrogens with one attached hydrogen (secondary N) is 2. The molecular weight excluding hydrogens is 330 g/mol. The van der Waals surface area contributed by atoms with E-state index in [0.29, 0.717) is 17.1 Å². The van der Waals surface area contributed by atoms with Crippen molar-refractivity contribution in [1.82, 2.24) is 4.98 Å². The van der Waals surface area contributed by atoms with E-state index < -0.39 is 6.10 Å². The van der Waals surface area contributed by atoms with Gasteiger partial charge in [0, 0.05) is 23.9 Å². The molecule has 0 saturated carbocycles. The molecular formula is C20H19N3O3. The summed E-state index contributed by atoms with van der Waals surface area (Å²) in [6.07, 6.45) is -0.560. The van der Waals surface area contributed by atoms with Crippen LogP contribution < -0.4 is 10.6 Å². The molecule has 6 nitrogen and oxygen atoms in total. The Hall–Kier alpha value is -3.25. The van der Waals surface area contributed by atoms with E-state index >= 15 is 0 Å². The molecule has 0 aliphatic rings. The minimum Gasteiger partial charge on any atom is -0.372 e.